The molecule has 1 N–H and O–H groups in total. The van der Waals surface area contributed by atoms with E-state index in [4.69, 9.17) is 4.74 Å². The van der Waals surface area contributed by atoms with Crippen LogP contribution in [0.3, 0.4) is 0 Å². The van der Waals surface area contributed by atoms with Gasteiger partial charge in [0.15, 0.2) is 12.3 Å². The number of hydrogen-bond donors (Lipinski definition) is 1. The van der Waals surface area contributed by atoms with E-state index in [0.29, 0.717) is 30.3 Å². The fourth-order valence-corrected chi connectivity index (χ4v) is 6.50. The second-order valence-electron chi connectivity index (χ2n) is 10.7. The molecule has 1 saturated heterocycles. The van der Waals surface area contributed by atoms with Gasteiger partial charge in [0.2, 0.25) is 5.88 Å². The Morgan fingerprint density at radius 1 is 1.07 bits per heavy atom. The van der Waals surface area contributed by atoms with Crippen LogP contribution >= 0.6 is 15.9 Å². The first-order valence-electron chi connectivity index (χ1n) is 13.3. The number of benzene rings is 2. The van der Waals surface area contributed by atoms with E-state index >= 15 is 0 Å². The van der Waals surface area contributed by atoms with Gasteiger partial charge in [-0.15, -0.1) is 10.2 Å². The first kappa shape index (κ1) is 26.5. The van der Waals surface area contributed by atoms with Gasteiger partial charge in [-0.2, -0.15) is 0 Å². The van der Waals surface area contributed by atoms with Crippen LogP contribution in [0.25, 0.3) is 10.9 Å². The molecule has 4 aromatic rings. The summed E-state index contributed by atoms with van der Waals surface area (Å²) in [5, 5.41) is 20.1. The lowest BCUT2D eigenvalue weighted by molar-refractivity contribution is -0.120. The van der Waals surface area contributed by atoms with Crippen LogP contribution in [0.1, 0.15) is 29.2 Å². The quantitative estimate of drug-likeness (QED) is 0.287. The predicted octanol–water partition coefficient (Wildman–Crippen LogP) is 5.65. The Morgan fingerprint density at radius 2 is 1.85 bits per heavy atom. The van der Waals surface area contributed by atoms with Crippen molar-refractivity contribution >= 4 is 38.4 Å². The molecule has 0 radical (unpaired) electrons. The van der Waals surface area contributed by atoms with Gasteiger partial charge in [-0.25, -0.2) is 0 Å². The Bertz CT molecular complexity index is 1690. The zero-order valence-corrected chi connectivity index (χ0v) is 24.0. The molecule has 1 fully saturated rings. The summed E-state index contributed by atoms with van der Waals surface area (Å²) in [5.74, 6) is 0.683. The summed E-state index contributed by atoms with van der Waals surface area (Å²) in [4.78, 5) is 27.3. The number of piperidine rings is 1. The number of azo groups is 1. The summed E-state index contributed by atoms with van der Waals surface area (Å²) in [6, 6.07) is 17.0. The molecule has 2 atom stereocenters. The molecule has 4 heterocycles. The van der Waals surface area contributed by atoms with Gasteiger partial charge in [0.1, 0.15) is 5.75 Å². The molecule has 2 aromatic heterocycles. The number of nitrogens with zero attached hydrogens (tertiary/aromatic N) is 5. The summed E-state index contributed by atoms with van der Waals surface area (Å²) in [5.41, 5.74) is 4.05. The van der Waals surface area contributed by atoms with Crippen molar-refractivity contribution in [1.29, 1.82) is 0 Å². The van der Waals surface area contributed by atoms with Gasteiger partial charge in [0, 0.05) is 47.2 Å². The maximum absolute atomic E-state index is 12.6. The minimum Gasteiger partial charge on any atom is -0.493 e. The summed E-state index contributed by atoms with van der Waals surface area (Å²) in [6.45, 7) is 6.35. The maximum atomic E-state index is 12.6. The first-order valence-corrected chi connectivity index (χ1v) is 14.1. The van der Waals surface area contributed by atoms with E-state index in [1.807, 2.05) is 71.5 Å². The Labute approximate surface area is 239 Å². The van der Waals surface area contributed by atoms with Crippen LogP contribution in [0.5, 0.6) is 11.6 Å². The van der Waals surface area contributed by atoms with Gasteiger partial charge < -0.3 is 14.4 Å². The van der Waals surface area contributed by atoms with Gasteiger partial charge in [0.05, 0.1) is 12.2 Å². The Hall–Kier alpha value is -3.76. The van der Waals surface area contributed by atoms with Crippen molar-refractivity contribution in [2.24, 2.45) is 16.1 Å². The summed E-state index contributed by atoms with van der Waals surface area (Å²) < 4.78 is 10.3. The third-order valence-corrected chi connectivity index (χ3v) is 8.37. The molecule has 2 bridgehead atoms. The van der Waals surface area contributed by atoms with E-state index in [-0.39, 0.29) is 29.7 Å². The largest absolute Gasteiger partial charge is 0.493 e. The molecule has 0 saturated carbocycles. The molecule has 10 heteroatoms. The number of hydrogen-bond acceptors (Lipinski definition) is 6. The lowest BCUT2D eigenvalue weighted by Crippen LogP contribution is -2.47. The minimum atomic E-state index is -0.546. The Balaban J connectivity index is 1.24. The number of halogens is 1. The lowest BCUT2D eigenvalue weighted by Gasteiger charge is -2.42. The third kappa shape index (κ3) is 4.97. The van der Waals surface area contributed by atoms with Crippen molar-refractivity contribution in [2.45, 2.75) is 39.4 Å². The molecule has 0 spiro atoms. The highest BCUT2D eigenvalue weighted by Crippen LogP contribution is 2.41. The van der Waals surface area contributed by atoms with E-state index in [2.05, 4.69) is 31.1 Å². The second-order valence-corrected chi connectivity index (χ2v) is 11.7. The van der Waals surface area contributed by atoms with E-state index in [9.17, 15) is 14.7 Å². The van der Waals surface area contributed by atoms with Crippen LogP contribution in [0, 0.1) is 19.8 Å². The monoisotopic (exact) mass is 603 g/mol. The molecule has 0 aliphatic carbocycles. The predicted molar refractivity (Wildman–Crippen MR) is 155 cm³/mol. The molecule has 6 rings (SSSR count). The lowest BCUT2D eigenvalue weighted by atomic mass is 9.83. The first-order chi connectivity index (χ1) is 19.3. The van der Waals surface area contributed by atoms with Crippen LogP contribution in [0.4, 0.5) is 5.69 Å². The molecule has 206 valence electrons. The number of aryl methyl sites for hydroxylation is 2. The zero-order valence-electron chi connectivity index (χ0n) is 22.4. The summed E-state index contributed by atoms with van der Waals surface area (Å²) >= 11 is 3.51. The Kier molecular flexibility index (Phi) is 7.06. The highest BCUT2D eigenvalue weighted by atomic mass is 79.9. The molecule has 9 nitrogen and oxygen atoms in total. The SMILES string of the molecule is Cc1cccc(C)c1OCC(=O)N=Nc1c(O)n(CN2CC3CC(C2)c2cccc(=O)n2C3)c2ccc(Br)cc12. The van der Waals surface area contributed by atoms with Gasteiger partial charge in [-0.3, -0.25) is 19.1 Å². The molecular weight excluding hydrogens is 574 g/mol. The van der Waals surface area contributed by atoms with Crippen molar-refractivity contribution in [3.8, 4) is 11.6 Å². The standard InChI is InChI=1S/C30H30BrN5O4/c1-18-5-3-6-19(2)29(18)40-16-26(37)32-33-28-23-12-22(31)9-10-25(23)36(30(28)39)17-34-13-20-11-21(15-34)24-7-4-8-27(38)35(24)14-20/h3-10,12,20-21,39H,11,13-17H2,1-2H3. The average molecular weight is 605 g/mol. The number of rotatable bonds is 6. The van der Waals surface area contributed by atoms with Crippen molar-refractivity contribution in [2.75, 3.05) is 19.7 Å². The van der Waals surface area contributed by atoms with Crippen LogP contribution in [0.2, 0.25) is 0 Å². The Morgan fingerprint density at radius 3 is 2.65 bits per heavy atom. The van der Waals surface area contributed by atoms with E-state index in [0.717, 1.165) is 46.3 Å². The van der Waals surface area contributed by atoms with Gasteiger partial charge in [0.25, 0.3) is 5.56 Å². The summed E-state index contributed by atoms with van der Waals surface area (Å²) in [7, 11) is 0. The van der Waals surface area contributed by atoms with Crippen molar-refractivity contribution in [3.63, 3.8) is 0 Å². The zero-order chi connectivity index (χ0) is 28.0. The van der Waals surface area contributed by atoms with Crippen LogP contribution in [-0.4, -0.2) is 44.7 Å². The number of likely N-dealkylation sites (tertiary alicyclic amines) is 1. The number of aromatic hydroxyl groups is 1. The number of amides is 1. The average Bonchev–Trinajstić information content (AvgIpc) is 3.17. The fraction of sp³-hybridized carbons (Fsp3) is 0.333. The molecule has 2 aliphatic heterocycles. The third-order valence-electron chi connectivity index (χ3n) is 7.88. The van der Waals surface area contributed by atoms with Gasteiger partial charge in [-0.05, 0) is 61.6 Å². The van der Waals surface area contributed by atoms with Crippen molar-refractivity contribution in [3.05, 3.63) is 86.2 Å². The minimum absolute atomic E-state index is 0.0485. The second kappa shape index (κ2) is 10.7. The highest BCUT2D eigenvalue weighted by Gasteiger charge is 2.35. The van der Waals surface area contributed by atoms with Crippen LogP contribution in [0.15, 0.2) is 74.1 Å². The number of aromatic nitrogens is 2. The topological polar surface area (TPSA) is 101 Å². The normalized spacial score (nSPS) is 18.8. The molecule has 1 amide bonds. The van der Waals surface area contributed by atoms with E-state index in [1.165, 1.54) is 0 Å². The number of ether oxygens (including phenoxy) is 1. The van der Waals surface area contributed by atoms with E-state index in [1.54, 1.807) is 6.07 Å². The molecule has 2 unspecified atom stereocenters. The molecule has 2 aromatic carbocycles. The molecular formula is C30H30BrN5O4. The van der Waals surface area contributed by atoms with Gasteiger partial charge >= 0.3 is 5.91 Å². The maximum Gasteiger partial charge on any atom is 0.302 e. The number of pyridine rings is 1. The number of carbonyl (C=O) groups excluding carboxylic acids is 1. The van der Waals surface area contributed by atoms with Crippen LogP contribution in [-0.2, 0) is 18.0 Å². The highest BCUT2D eigenvalue weighted by molar-refractivity contribution is 9.10. The smallest absolute Gasteiger partial charge is 0.302 e. The summed E-state index contributed by atoms with van der Waals surface area (Å²) in [6.07, 6.45) is 1.05. The number of para-hydroxylation sites is 1. The number of fused-ring (bicyclic) bond motifs is 5. The van der Waals surface area contributed by atoms with E-state index < -0.39 is 5.91 Å². The van der Waals surface area contributed by atoms with Crippen LogP contribution < -0.4 is 10.3 Å². The van der Waals surface area contributed by atoms with Gasteiger partial charge in [-0.1, -0.05) is 40.2 Å². The fourth-order valence-electron chi connectivity index (χ4n) is 6.14. The molecule has 2 aliphatic rings. The van der Waals surface area contributed by atoms with Crippen molar-refractivity contribution in [1.82, 2.24) is 14.0 Å². The molecule has 40 heavy (non-hydrogen) atoms. The number of carbonyl (C=O) groups is 1. The van der Waals surface area contributed by atoms with Crippen molar-refractivity contribution < 1.29 is 14.6 Å².